The lowest BCUT2D eigenvalue weighted by atomic mass is 10.0. The van der Waals surface area contributed by atoms with Crippen LogP contribution in [0.1, 0.15) is 36.2 Å². The SMILES string of the molecule is CC(C)C[C@@H](NC(=O)/C(=C\c1ccc(Cl)cc1)NC(=O)c1ccc(Br)cc1)C(=O)O. The third-order valence-electron chi connectivity index (χ3n) is 4.09. The number of carbonyl (C=O) groups excluding carboxylic acids is 2. The second kappa shape index (κ2) is 10.9. The first kappa shape index (κ1) is 23.6. The van der Waals surface area contributed by atoms with Gasteiger partial charge < -0.3 is 15.7 Å². The monoisotopic (exact) mass is 492 g/mol. The molecule has 8 heteroatoms. The van der Waals surface area contributed by atoms with E-state index in [9.17, 15) is 19.5 Å². The van der Waals surface area contributed by atoms with Crippen LogP contribution in [0.5, 0.6) is 0 Å². The number of carboxylic acid groups (broad SMARTS) is 1. The van der Waals surface area contributed by atoms with E-state index in [4.69, 9.17) is 11.6 Å². The van der Waals surface area contributed by atoms with Crippen molar-refractivity contribution < 1.29 is 19.5 Å². The molecule has 0 spiro atoms. The van der Waals surface area contributed by atoms with Crippen molar-refractivity contribution in [3.8, 4) is 0 Å². The normalized spacial score (nSPS) is 12.4. The van der Waals surface area contributed by atoms with E-state index >= 15 is 0 Å². The summed E-state index contributed by atoms with van der Waals surface area (Å²) in [4.78, 5) is 37.0. The molecule has 2 aromatic rings. The minimum absolute atomic E-state index is 0.0625. The van der Waals surface area contributed by atoms with Crippen LogP contribution < -0.4 is 10.6 Å². The molecule has 0 saturated heterocycles. The van der Waals surface area contributed by atoms with E-state index < -0.39 is 23.8 Å². The van der Waals surface area contributed by atoms with Crippen molar-refractivity contribution in [3.63, 3.8) is 0 Å². The fourth-order valence-electron chi connectivity index (χ4n) is 2.61. The number of amides is 2. The van der Waals surface area contributed by atoms with Gasteiger partial charge in [0.25, 0.3) is 11.8 Å². The molecule has 0 unspecified atom stereocenters. The molecule has 0 fully saturated rings. The van der Waals surface area contributed by atoms with Crippen LogP contribution in [0, 0.1) is 5.92 Å². The Labute approximate surface area is 188 Å². The molecule has 2 rings (SSSR count). The minimum Gasteiger partial charge on any atom is -0.480 e. The Balaban J connectivity index is 2.31. The molecule has 0 aromatic heterocycles. The highest BCUT2D eigenvalue weighted by Crippen LogP contribution is 2.14. The van der Waals surface area contributed by atoms with Gasteiger partial charge in [-0.25, -0.2) is 4.79 Å². The fourth-order valence-corrected chi connectivity index (χ4v) is 3.00. The zero-order valence-electron chi connectivity index (χ0n) is 16.5. The standard InChI is InChI=1S/C22H22BrClN2O4/c1-13(2)11-19(22(29)30)26-21(28)18(12-14-3-9-17(24)10-4-14)25-20(27)15-5-7-16(23)8-6-15/h3-10,12-13,19H,11H2,1-2H3,(H,25,27)(H,26,28)(H,29,30)/b18-12+/t19-/m1/s1. The summed E-state index contributed by atoms with van der Waals surface area (Å²) in [6.45, 7) is 3.73. The van der Waals surface area contributed by atoms with E-state index in [0.29, 0.717) is 16.1 Å². The minimum atomic E-state index is -1.14. The molecular formula is C22H22BrClN2O4. The summed E-state index contributed by atoms with van der Waals surface area (Å²) >= 11 is 9.21. The summed E-state index contributed by atoms with van der Waals surface area (Å²) in [6.07, 6.45) is 1.73. The Bertz CT molecular complexity index is 941. The van der Waals surface area contributed by atoms with Gasteiger partial charge in [-0.15, -0.1) is 0 Å². The highest BCUT2D eigenvalue weighted by Gasteiger charge is 2.24. The van der Waals surface area contributed by atoms with Crippen LogP contribution in [0.25, 0.3) is 6.08 Å². The van der Waals surface area contributed by atoms with Crippen molar-refractivity contribution in [1.82, 2.24) is 10.6 Å². The molecule has 2 aromatic carbocycles. The Kier molecular flexibility index (Phi) is 8.62. The first-order valence-corrected chi connectivity index (χ1v) is 10.4. The number of hydrogen-bond acceptors (Lipinski definition) is 3. The van der Waals surface area contributed by atoms with Crippen LogP contribution in [0.3, 0.4) is 0 Å². The van der Waals surface area contributed by atoms with E-state index in [-0.39, 0.29) is 18.0 Å². The van der Waals surface area contributed by atoms with Crippen LogP contribution in [0.15, 0.2) is 58.7 Å². The van der Waals surface area contributed by atoms with Crippen molar-refractivity contribution in [2.24, 2.45) is 5.92 Å². The lowest BCUT2D eigenvalue weighted by Gasteiger charge is -2.18. The molecule has 0 aliphatic heterocycles. The number of halogens is 2. The number of rotatable bonds is 8. The van der Waals surface area contributed by atoms with E-state index in [0.717, 1.165) is 4.47 Å². The largest absolute Gasteiger partial charge is 0.480 e. The smallest absolute Gasteiger partial charge is 0.326 e. The van der Waals surface area contributed by atoms with E-state index in [2.05, 4.69) is 26.6 Å². The van der Waals surface area contributed by atoms with Crippen molar-refractivity contribution in [1.29, 1.82) is 0 Å². The molecule has 30 heavy (non-hydrogen) atoms. The van der Waals surface area contributed by atoms with Crippen molar-refractivity contribution in [2.75, 3.05) is 0 Å². The molecular weight excluding hydrogens is 472 g/mol. The van der Waals surface area contributed by atoms with Crippen LogP contribution in [0.2, 0.25) is 5.02 Å². The molecule has 0 aliphatic carbocycles. The lowest BCUT2D eigenvalue weighted by Crippen LogP contribution is -2.45. The van der Waals surface area contributed by atoms with Crippen LogP contribution in [0.4, 0.5) is 0 Å². The molecule has 0 heterocycles. The molecule has 3 N–H and O–H groups in total. The molecule has 0 aliphatic rings. The summed E-state index contributed by atoms with van der Waals surface area (Å²) in [5, 5.41) is 15.0. The maximum absolute atomic E-state index is 12.8. The molecule has 6 nitrogen and oxygen atoms in total. The quantitative estimate of drug-likeness (QED) is 0.472. The maximum atomic E-state index is 12.8. The van der Waals surface area contributed by atoms with Gasteiger partial charge in [-0.1, -0.05) is 53.5 Å². The van der Waals surface area contributed by atoms with Crippen molar-refractivity contribution in [2.45, 2.75) is 26.3 Å². The number of carboxylic acids is 1. The van der Waals surface area contributed by atoms with Crippen LogP contribution in [-0.4, -0.2) is 28.9 Å². The van der Waals surface area contributed by atoms with E-state index in [1.54, 1.807) is 48.5 Å². The predicted octanol–water partition coefficient (Wildman–Crippen LogP) is 4.49. The highest BCUT2D eigenvalue weighted by atomic mass is 79.9. The summed E-state index contributed by atoms with van der Waals surface area (Å²) in [5.74, 6) is -2.26. The molecule has 0 saturated carbocycles. The molecule has 2 amide bonds. The van der Waals surface area contributed by atoms with Crippen LogP contribution in [-0.2, 0) is 9.59 Å². The van der Waals surface area contributed by atoms with Crippen LogP contribution >= 0.6 is 27.5 Å². The summed E-state index contributed by atoms with van der Waals surface area (Å²) in [6, 6.07) is 12.2. The Morgan fingerprint density at radius 1 is 1.07 bits per heavy atom. The lowest BCUT2D eigenvalue weighted by molar-refractivity contribution is -0.141. The van der Waals surface area contributed by atoms with E-state index in [1.807, 2.05) is 13.8 Å². The summed E-state index contributed by atoms with van der Waals surface area (Å²) in [7, 11) is 0. The highest BCUT2D eigenvalue weighted by molar-refractivity contribution is 9.10. The number of carbonyl (C=O) groups is 3. The number of hydrogen-bond donors (Lipinski definition) is 3. The number of nitrogens with one attached hydrogen (secondary N) is 2. The average Bonchev–Trinajstić information content (AvgIpc) is 2.68. The summed E-state index contributed by atoms with van der Waals surface area (Å²) in [5.41, 5.74) is 0.904. The van der Waals surface area contributed by atoms with Gasteiger partial charge in [0, 0.05) is 15.1 Å². The molecule has 0 bridgehead atoms. The third-order valence-corrected chi connectivity index (χ3v) is 4.87. The molecule has 158 valence electrons. The van der Waals surface area contributed by atoms with Gasteiger partial charge in [-0.05, 0) is 60.4 Å². The fraction of sp³-hybridized carbons (Fsp3) is 0.227. The summed E-state index contributed by atoms with van der Waals surface area (Å²) < 4.78 is 0.812. The Morgan fingerprint density at radius 3 is 2.20 bits per heavy atom. The Morgan fingerprint density at radius 2 is 1.67 bits per heavy atom. The first-order chi connectivity index (χ1) is 14.2. The zero-order valence-corrected chi connectivity index (χ0v) is 18.8. The number of benzene rings is 2. The van der Waals surface area contributed by atoms with Gasteiger partial charge in [0.2, 0.25) is 0 Å². The van der Waals surface area contributed by atoms with E-state index in [1.165, 1.54) is 6.08 Å². The predicted molar refractivity (Wildman–Crippen MR) is 120 cm³/mol. The molecule has 0 radical (unpaired) electrons. The van der Waals surface area contributed by atoms with Gasteiger partial charge in [0.05, 0.1) is 0 Å². The van der Waals surface area contributed by atoms with Gasteiger partial charge >= 0.3 is 5.97 Å². The van der Waals surface area contributed by atoms with Gasteiger partial charge in [0.15, 0.2) is 0 Å². The topological polar surface area (TPSA) is 95.5 Å². The van der Waals surface area contributed by atoms with Gasteiger partial charge in [-0.2, -0.15) is 0 Å². The second-order valence-electron chi connectivity index (χ2n) is 7.06. The zero-order chi connectivity index (χ0) is 22.3. The van der Waals surface area contributed by atoms with Crippen molar-refractivity contribution >= 4 is 51.4 Å². The van der Waals surface area contributed by atoms with Crippen molar-refractivity contribution in [3.05, 3.63) is 74.9 Å². The average molecular weight is 494 g/mol. The number of aliphatic carboxylic acids is 1. The second-order valence-corrected chi connectivity index (χ2v) is 8.42. The first-order valence-electron chi connectivity index (χ1n) is 9.23. The third kappa shape index (κ3) is 7.31. The van der Waals surface area contributed by atoms with Gasteiger partial charge in [-0.3, -0.25) is 9.59 Å². The molecule has 1 atom stereocenters. The maximum Gasteiger partial charge on any atom is 0.326 e. The Hall–Kier alpha value is -2.64. The van der Waals surface area contributed by atoms with Gasteiger partial charge in [0.1, 0.15) is 11.7 Å².